The zero-order valence-corrected chi connectivity index (χ0v) is 19.1. The number of urea groups is 1. The lowest BCUT2D eigenvalue weighted by Crippen LogP contribution is -2.37. The Morgan fingerprint density at radius 2 is 1.81 bits per heavy atom. The maximum Gasteiger partial charge on any atom is 0.425 e. The highest BCUT2D eigenvalue weighted by atomic mass is 19.4. The van der Waals surface area contributed by atoms with E-state index in [1.54, 1.807) is 6.92 Å². The Bertz CT molecular complexity index is 1170. The summed E-state index contributed by atoms with van der Waals surface area (Å²) >= 11 is 0. The molecule has 194 valence electrons. The van der Waals surface area contributed by atoms with E-state index in [9.17, 15) is 31.5 Å². The van der Waals surface area contributed by atoms with Crippen LogP contribution in [-0.2, 0) is 0 Å². The van der Waals surface area contributed by atoms with Gasteiger partial charge in [0.1, 0.15) is 34.6 Å². The SMILES string of the molecule is CC1NN(c2cc(O[C@@H](C)C(F)(F)F)c(C(=O)Nc3c(F)cccc3F)cc2F)C(=O)N1CC1CC1. The normalized spacial score (nSPS) is 19.0. The number of rotatable bonds is 7. The molecule has 0 radical (unpaired) electrons. The molecule has 7 nitrogen and oxygen atoms in total. The van der Waals surface area contributed by atoms with Gasteiger partial charge in [-0.2, -0.15) is 13.2 Å². The van der Waals surface area contributed by atoms with Crippen LogP contribution in [0.25, 0.3) is 0 Å². The van der Waals surface area contributed by atoms with Gasteiger partial charge in [-0.3, -0.25) is 4.79 Å². The van der Waals surface area contributed by atoms with Gasteiger partial charge in [0.05, 0.1) is 11.7 Å². The van der Waals surface area contributed by atoms with Gasteiger partial charge in [0.25, 0.3) is 5.91 Å². The lowest BCUT2D eigenvalue weighted by molar-refractivity contribution is -0.189. The molecule has 1 unspecified atom stereocenters. The van der Waals surface area contributed by atoms with Crippen LogP contribution in [0.15, 0.2) is 30.3 Å². The van der Waals surface area contributed by atoms with E-state index in [-0.39, 0.29) is 0 Å². The summed E-state index contributed by atoms with van der Waals surface area (Å²) in [5.74, 6) is -5.19. The zero-order valence-electron chi connectivity index (χ0n) is 19.1. The molecule has 0 spiro atoms. The summed E-state index contributed by atoms with van der Waals surface area (Å²) in [5, 5.41) is 2.72. The van der Waals surface area contributed by atoms with E-state index in [2.05, 4.69) is 5.43 Å². The minimum Gasteiger partial charge on any atom is -0.480 e. The number of ether oxygens (including phenoxy) is 1. The summed E-state index contributed by atoms with van der Waals surface area (Å²) < 4.78 is 87.7. The molecule has 13 heteroatoms. The van der Waals surface area contributed by atoms with Crippen LogP contribution in [0.3, 0.4) is 0 Å². The van der Waals surface area contributed by atoms with Crippen molar-refractivity contribution < 1.29 is 40.7 Å². The molecule has 2 aromatic rings. The first-order valence-corrected chi connectivity index (χ1v) is 11.1. The molecule has 1 heterocycles. The Balaban J connectivity index is 1.70. The largest absolute Gasteiger partial charge is 0.480 e. The van der Waals surface area contributed by atoms with Crippen LogP contribution >= 0.6 is 0 Å². The molecule has 36 heavy (non-hydrogen) atoms. The fourth-order valence-corrected chi connectivity index (χ4v) is 3.64. The quantitative estimate of drug-likeness (QED) is 0.497. The van der Waals surface area contributed by atoms with E-state index >= 15 is 4.39 Å². The summed E-state index contributed by atoms with van der Waals surface area (Å²) in [6, 6.07) is 3.43. The number of para-hydroxylation sites is 1. The van der Waals surface area contributed by atoms with E-state index in [1.807, 2.05) is 5.32 Å². The second-order valence-corrected chi connectivity index (χ2v) is 8.67. The monoisotopic (exact) mass is 516 g/mol. The smallest absolute Gasteiger partial charge is 0.425 e. The van der Waals surface area contributed by atoms with Crippen molar-refractivity contribution in [2.45, 2.75) is 45.1 Å². The zero-order chi connectivity index (χ0) is 26.4. The summed E-state index contributed by atoms with van der Waals surface area (Å²) in [4.78, 5) is 27.1. The predicted octanol–water partition coefficient (Wildman–Crippen LogP) is 5.19. The second-order valence-electron chi connectivity index (χ2n) is 8.67. The molecular formula is C23H22F6N4O3. The molecule has 1 saturated carbocycles. The van der Waals surface area contributed by atoms with Crippen LogP contribution in [0.4, 0.5) is 42.5 Å². The van der Waals surface area contributed by atoms with Crippen LogP contribution < -0.4 is 20.5 Å². The van der Waals surface area contributed by atoms with Crippen molar-refractivity contribution in [2.75, 3.05) is 16.9 Å². The highest BCUT2D eigenvalue weighted by Gasteiger charge is 2.41. The van der Waals surface area contributed by atoms with Crippen molar-refractivity contribution >= 4 is 23.3 Å². The number of benzene rings is 2. The Hall–Kier alpha value is -3.48. The van der Waals surface area contributed by atoms with Crippen LogP contribution in [0, 0.1) is 23.4 Å². The number of amides is 3. The van der Waals surface area contributed by atoms with Gasteiger partial charge >= 0.3 is 12.2 Å². The van der Waals surface area contributed by atoms with Crippen molar-refractivity contribution in [3.05, 3.63) is 53.3 Å². The number of hydrogen-bond acceptors (Lipinski definition) is 4. The molecule has 1 saturated heterocycles. The Morgan fingerprint density at radius 1 is 1.17 bits per heavy atom. The summed E-state index contributed by atoms with van der Waals surface area (Å²) in [7, 11) is 0. The molecule has 4 rings (SSSR count). The minimum absolute atomic E-state index is 0.319. The first kappa shape index (κ1) is 25.6. The molecule has 2 N–H and O–H groups in total. The number of carbonyl (C=O) groups excluding carboxylic acids is 2. The second kappa shape index (κ2) is 9.52. The molecule has 2 fully saturated rings. The lowest BCUT2D eigenvalue weighted by atomic mass is 10.1. The van der Waals surface area contributed by atoms with Crippen LogP contribution in [-0.4, -0.2) is 41.8 Å². The first-order chi connectivity index (χ1) is 16.9. The average molecular weight is 516 g/mol. The Kier molecular flexibility index (Phi) is 6.78. The van der Waals surface area contributed by atoms with Crippen molar-refractivity contribution in [3.8, 4) is 5.75 Å². The number of nitrogens with one attached hydrogen (secondary N) is 2. The molecule has 2 aliphatic rings. The molecule has 1 aliphatic carbocycles. The maximum atomic E-state index is 15.2. The molecule has 1 aliphatic heterocycles. The fourth-order valence-electron chi connectivity index (χ4n) is 3.64. The number of nitrogens with zero attached hydrogens (tertiary/aromatic N) is 2. The fraction of sp³-hybridized carbons (Fsp3) is 0.391. The van der Waals surface area contributed by atoms with Crippen LogP contribution in [0.2, 0.25) is 0 Å². The number of halogens is 6. The van der Waals surface area contributed by atoms with Crippen molar-refractivity contribution in [3.63, 3.8) is 0 Å². The molecule has 0 aromatic heterocycles. The van der Waals surface area contributed by atoms with E-state index < -0.39 is 70.5 Å². The molecule has 2 atom stereocenters. The topological polar surface area (TPSA) is 73.9 Å². The van der Waals surface area contributed by atoms with Gasteiger partial charge in [-0.15, -0.1) is 0 Å². The lowest BCUT2D eigenvalue weighted by Gasteiger charge is -2.23. The van der Waals surface area contributed by atoms with Gasteiger partial charge < -0.3 is 15.0 Å². The first-order valence-electron chi connectivity index (χ1n) is 11.1. The summed E-state index contributed by atoms with van der Waals surface area (Å²) in [6.07, 6.45) is -5.91. The van der Waals surface area contributed by atoms with Gasteiger partial charge in [0.2, 0.25) is 0 Å². The standard InChI is InChI=1S/C23H22F6N4O3/c1-11(23(27,28)29)36-19-9-18(33-22(35)32(12(2)31-33)10-13-6-7-13)17(26)8-14(19)21(34)30-20-15(24)4-3-5-16(20)25/h3-5,8-9,11-13,31H,6-7,10H2,1-2H3,(H,30,34)/t11-,12?/m0/s1. The van der Waals surface area contributed by atoms with Crippen molar-refractivity contribution in [2.24, 2.45) is 5.92 Å². The van der Waals surface area contributed by atoms with Crippen molar-refractivity contribution in [1.82, 2.24) is 10.3 Å². The van der Waals surface area contributed by atoms with Crippen LogP contribution in [0.1, 0.15) is 37.0 Å². The van der Waals surface area contributed by atoms with Gasteiger partial charge in [-0.25, -0.2) is 28.4 Å². The molecule has 0 bridgehead atoms. The Morgan fingerprint density at radius 3 is 2.39 bits per heavy atom. The third-order valence-electron chi connectivity index (χ3n) is 5.87. The summed E-state index contributed by atoms with van der Waals surface area (Å²) in [6.45, 7) is 2.75. The predicted molar refractivity (Wildman–Crippen MR) is 117 cm³/mol. The van der Waals surface area contributed by atoms with Crippen molar-refractivity contribution in [1.29, 1.82) is 0 Å². The van der Waals surface area contributed by atoms with Gasteiger partial charge in [-0.1, -0.05) is 6.07 Å². The van der Waals surface area contributed by atoms with Gasteiger partial charge in [-0.05, 0) is 50.8 Å². The average Bonchev–Trinajstić information content (AvgIpc) is 3.57. The third-order valence-corrected chi connectivity index (χ3v) is 5.87. The number of alkyl halides is 3. The third kappa shape index (κ3) is 5.20. The minimum atomic E-state index is -4.85. The number of anilines is 2. The molecule has 2 aromatic carbocycles. The Labute approximate surface area is 202 Å². The summed E-state index contributed by atoms with van der Waals surface area (Å²) in [5.41, 5.74) is 0.635. The number of hydrogen-bond donors (Lipinski definition) is 2. The van der Waals surface area contributed by atoms with Crippen LogP contribution in [0.5, 0.6) is 5.75 Å². The van der Waals surface area contributed by atoms with E-state index in [1.165, 1.54) is 4.90 Å². The van der Waals surface area contributed by atoms with E-state index in [0.717, 1.165) is 42.1 Å². The maximum absolute atomic E-state index is 15.2. The van der Waals surface area contributed by atoms with Gasteiger partial charge in [0.15, 0.2) is 6.10 Å². The van der Waals surface area contributed by atoms with Gasteiger partial charge in [0, 0.05) is 12.6 Å². The highest BCUT2D eigenvalue weighted by molar-refractivity contribution is 6.07. The molecular weight excluding hydrogens is 494 g/mol. The van der Waals surface area contributed by atoms with E-state index in [0.29, 0.717) is 25.5 Å². The van der Waals surface area contributed by atoms with E-state index in [4.69, 9.17) is 4.74 Å². The number of hydrazine groups is 1. The molecule has 3 amide bonds. The number of carbonyl (C=O) groups is 2. The highest BCUT2D eigenvalue weighted by Crippen LogP contribution is 2.36.